The van der Waals surface area contributed by atoms with Crippen molar-refractivity contribution in [1.29, 1.82) is 0 Å². The third kappa shape index (κ3) is 5.88. The van der Waals surface area contributed by atoms with Crippen molar-refractivity contribution in [2.45, 2.75) is 33.2 Å². The number of hydrogen-bond acceptors (Lipinski definition) is 2. The van der Waals surface area contributed by atoms with Crippen LogP contribution in [-0.4, -0.2) is 30.3 Å². The minimum absolute atomic E-state index is 0.0705. The van der Waals surface area contributed by atoms with Crippen molar-refractivity contribution in [1.82, 2.24) is 4.90 Å². The summed E-state index contributed by atoms with van der Waals surface area (Å²) in [6.45, 7) is 4.32. The van der Waals surface area contributed by atoms with Gasteiger partial charge in [-0.25, -0.2) is 8.78 Å². The molecule has 0 aliphatic carbocycles. The van der Waals surface area contributed by atoms with Gasteiger partial charge < -0.3 is 9.80 Å². The SMILES string of the molecule is CCCCN(Cc1ccc(F)cc1)C(=O)CN(C=O)c1ccc(C)cc1F. The normalized spacial score (nSPS) is 10.5. The number of halogens is 2. The lowest BCUT2D eigenvalue weighted by Crippen LogP contribution is -2.40. The Morgan fingerprint density at radius 1 is 1.11 bits per heavy atom. The van der Waals surface area contributed by atoms with Crippen molar-refractivity contribution in [3.8, 4) is 0 Å². The fourth-order valence-corrected chi connectivity index (χ4v) is 2.72. The quantitative estimate of drug-likeness (QED) is 0.621. The van der Waals surface area contributed by atoms with Crippen LogP contribution in [0, 0.1) is 18.6 Å². The fourth-order valence-electron chi connectivity index (χ4n) is 2.72. The van der Waals surface area contributed by atoms with Gasteiger partial charge in [0.1, 0.15) is 18.2 Å². The van der Waals surface area contributed by atoms with Crippen LogP contribution < -0.4 is 4.90 Å². The van der Waals surface area contributed by atoms with E-state index in [9.17, 15) is 18.4 Å². The highest BCUT2D eigenvalue weighted by Gasteiger charge is 2.20. The van der Waals surface area contributed by atoms with E-state index < -0.39 is 5.82 Å². The number of aryl methyl sites for hydroxylation is 1. The average molecular weight is 374 g/mol. The molecule has 2 aromatic carbocycles. The van der Waals surface area contributed by atoms with E-state index in [-0.39, 0.29) is 24.0 Å². The smallest absolute Gasteiger partial charge is 0.242 e. The molecule has 4 nitrogen and oxygen atoms in total. The van der Waals surface area contributed by atoms with Gasteiger partial charge in [-0.15, -0.1) is 0 Å². The number of carbonyl (C=O) groups excluding carboxylic acids is 2. The van der Waals surface area contributed by atoms with Crippen LogP contribution in [0.25, 0.3) is 0 Å². The molecular formula is C21H24F2N2O2. The van der Waals surface area contributed by atoms with Crippen molar-refractivity contribution in [3.05, 3.63) is 65.2 Å². The van der Waals surface area contributed by atoms with Crippen LogP contribution in [0.1, 0.15) is 30.9 Å². The van der Waals surface area contributed by atoms with E-state index in [1.54, 1.807) is 30.0 Å². The van der Waals surface area contributed by atoms with Crippen LogP contribution in [-0.2, 0) is 16.1 Å². The highest BCUT2D eigenvalue weighted by Crippen LogP contribution is 2.20. The maximum atomic E-state index is 14.2. The van der Waals surface area contributed by atoms with Crippen LogP contribution in [0.15, 0.2) is 42.5 Å². The van der Waals surface area contributed by atoms with Crippen LogP contribution >= 0.6 is 0 Å². The standard InChI is InChI=1S/C21H24F2N2O2/c1-3-4-11-24(13-17-6-8-18(22)9-7-17)21(27)14-25(15-26)20-10-5-16(2)12-19(20)23/h5-10,12,15H,3-4,11,13-14H2,1-2H3. The zero-order chi connectivity index (χ0) is 19.8. The molecule has 2 rings (SSSR count). The van der Waals surface area contributed by atoms with Gasteiger partial charge in [-0.1, -0.05) is 31.5 Å². The molecule has 0 saturated carbocycles. The lowest BCUT2D eigenvalue weighted by atomic mass is 10.2. The van der Waals surface area contributed by atoms with Gasteiger partial charge in [0.2, 0.25) is 12.3 Å². The number of hydrogen-bond donors (Lipinski definition) is 0. The predicted octanol–water partition coefficient (Wildman–Crippen LogP) is 4.06. The molecular weight excluding hydrogens is 350 g/mol. The summed E-state index contributed by atoms with van der Waals surface area (Å²) in [6.07, 6.45) is 2.16. The van der Waals surface area contributed by atoms with Crippen LogP contribution in [0.2, 0.25) is 0 Å². The second kappa shape index (κ2) is 9.80. The lowest BCUT2D eigenvalue weighted by molar-refractivity contribution is -0.131. The van der Waals surface area contributed by atoms with E-state index in [1.165, 1.54) is 24.3 Å². The van der Waals surface area contributed by atoms with E-state index >= 15 is 0 Å². The number of carbonyl (C=O) groups is 2. The van der Waals surface area contributed by atoms with E-state index in [1.807, 2.05) is 6.92 Å². The van der Waals surface area contributed by atoms with Crippen LogP contribution in [0.4, 0.5) is 14.5 Å². The Bertz CT molecular complexity index is 778. The molecule has 0 heterocycles. The fraction of sp³-hybridized carbons (Fsp3) is 0.333. The van der Waals surface area contributed by atoms with E-state index in [2.05, 4.69) is 0 Å². The second-order valence-electron chi connectivity index (χ2n) is 6.48. The van der Waals surface area contributed by atoms with E-state index in [4.69, 9.17) is 0 Å². The molecule has 2 amide bonds. The van der Waals surface area contributed by atoms with Crippen molar-refractivity contribution in [2.24, 2.45) is 0 Å². The van der Waals surface area contributed by atoms with Crippen molar-refractivity contribution in [3.63, 3.8) is 0 Å². The Hall–Kier alpha value is -2.76. The molecule has 0 spiro atoms. The Morgan fingerprint density at radius 3 is 2.41 bits per heavy atom. The van der Waals surface area contributed by atoms with Crippen molar-refractivity contribution >= 4 is 18.0 Å². The molecule has 0 radical (unpaired) electrons. The van der Waals surface area contributed by atoms with Crippen LogP contribution in [0.3, 0.4) is 0 Å². The first-order valence-corrected chi connectivity index (χ1v) is 8.95. The van der Waals surface area contributed by atoms with Gasteiger partial charge in [0.25, 0.3) is 0 Å². The van der Waals surface area contributed by atoms with Crippen LogP contribution in [0.5, 0.6) is 0 Å². The molecule has 144 valence electrons. The third-order valence-electron chi connectivity index (χ3n) is 4.27. The summed E-state index contributed by atoms with van der Waals surface area (Å²) in [5, 5.41) is 0. The lowest BCUT2D eigenvalue weighted by Gasteiger charge is -2.26. The molecule has 0 atom stereocenters. The molecule has 0 unspecified atom stereocenters. The molecule has 2 aromatic rings. The summed E-state index contributed by atoms with van der Waals surface area (Å²) in [7, 11) is 0. The topological polar surface area (TPSA) is 40.6 Å². The highest BCUT2D eigenvalue weighted by atomic mass is 19.1. The first-order valence-electron chi connectivity index (χ1n) is 8.95. The predicted molar refractivity (Wildman–Crippen MR) is 101 cm³/mol. The summed E-state index contributed by atoms with van der Waals surface area (Å²) in [5.41, 5.74) is 1.59. The number of unbranched alkanes of at least 4 members (excludes halogenated alkanes) is 1. The largest absolute Gasteiger partial charge is 0.337 e. The first-order chi connectivity index (χ1) is 12.9. The van der Waals surface area contributed by atoms with Crippen molar-refractivity contribution in [2.75, 3.05) is 18.0 Å². The molecule has 0 aromatic heterocycles. The average Bonchev–Trinajstić information content (AvgIpc) is 2.65. The van der Waals surface area contributed by atoms with Gasteiger partial charge in [-0.05, 0) is 48.7 Å². The van der Waals surface area contributed by atoms with Gasteiger partial charge >= 0.3 is 0 Å². The molecule has 0 N–H and O–H groups in total. The molecule has 0 aliphatic heterocycles. The Labute approximate surface area is 158 Å². The number of nitrogens with zero attached hydrogens (tertiary/aromatic N) is 2. The molecule has 0 aliphatic rings. The minimum Gasteiger partial charge on any atom is -0.337 e. The zero-order valence-electron chi connectivity index (χ0n) is 15.6. The molecule has 6 heteroatoms. The van der Waals surface area contributed by atoms with Gasteiger partial charge in [-0.2, -0.15) is 0 Å². The maximum absolute atomic E-state index is 14.2. The zero-order valence-corrected chi connectivity index (χ0v) is 15.6. The van der Waals surface area contributed by atoms with E-state index in [0.717, 1.165) is 28.9 Å². The first kappa shape index (κ1) is 20.6. The number of anilines is 1. The summed E-state index contributed by atoms with van der Waals surface area (Å²) >= 11 is 0. The summed E-state index contributed by atoms with van der Waals surface area (Å²) in [4.78, 5) is 26.9. The van der Waals surface area contributed by atoms with E-state index in [0.29, 0.717) is 19.5 Å². The molecule has 0 bridgehead atoms. The van der Waals surface area contributed by atoms with Gasteiger partial charge in [0, 0.05) is 13.1 Å². The highest BCUT2D eigenvalue weighted by molar-refractivity contribution is 5.88. The van der Waals surface area contributed by atoms with Gasteiger partial charge in [-0.3, -0.25) is 9.59 Å². The molecule has 27 heavy (non-hydrogen) atoms. The van der Waals surface area contributed by atoms with Gasteiger partial charge in [0.15, 0.2) is 0 Å². The monoisotopic (exact) mass is 374 g/mol. The summed E-state index contributed by atoms with van der Waals surface area (Å²) in [5.74, 6) is -1.18. The Morgan fingerprint density at radius 2 is 1.81 bits per heavy atom. The third-order valence-corrected chi connectivity index (χ3v) is 4.27. The summed E-state index contributed by atoms with van der Waals surface area (Å²) < 4.78 is 27.3. The van der Waals surface area contributed by atoms with Crippen molar-refractivity contribution < 1.29 is 18.4 Å². The van der Waals surface area contributed by atoms with Gasteiger partial charge in [0.05, 0.1) is 5.69 Å². The summed E-state index contributed by atoms with van der Waals surface area (Å²) in [6, 6.07) is 10.4. The number of benzene rings is 2. The molecule has 0 saturated heterocycles. The minimum atomic E-state index is -0.548. The maximum Gasteiger partial charge on any atom is 0.242 e. The number of rotatable bonds is 9. The Balaban J connectivity index is 2.15. The second-order valence-corrected chi connectivity index (χ2v) is 6.48. The Kier molecular flexibility index (Phi) is 7.46. The molecule has 0 fully saturated rings. The number of amides is 2.